The monoisotopic (exact) mass is 100 g/mol. The normalized spacial score (nSPS) is 9.86. The number of rotatable bonds is 2. The molecule has 0 aliphatic rings. The summed E-state index contributed by atoms with van der Waals surface area (Å²) >= 11 is 0. The van der Waals surface area contributed by atoms with Crippen LogP contribution in [0.2, 0.25) is 0 Å². The molecule has 0 aliphatic carbocycles. The molecule has 0 rings (SSSR count). The van der Waals surface area contributed by atoms with Crippen LogP contribution in [0.15, 0.2) is 12.3 Å². The molecule has 0 saturated carbocycles. The van der Waals surface area contributed by atoms with Crippen molar-refractivity contribution in [2.75, 3.05) is 0 Å². The van der Waals surface area contributed by atoms with Gasteiger partial charge in [0.05, 0.1) is 6.26 Å². The van der Waals surface area contributed by atoms with Gasteiger partial charge in [-0.2, -0.15) is 0 Å². The highest BCUT2D eigenvalue weighted by Gasteiger charge is 1.85. The lowest BCUT2D eigenvalue weighted by molar-refractivity contribution is -0.114. The Bertz CT molecular complexity index is 84.1. The highest BCUT2D eigenvalue weighted by Crippen LogP contribution is 1.79. The molecule has 0 aromatic rings. The molecule has 0 atom stereocenters. The molecule has 0 aromatic heterocycles. The largest absolute Gasteiger partial charge is 0.515 e. The minimum Gasteiger partial charge on any atom is -0.515 e. The molecular formula is C5H8O2. The highest BCUT2D eigenvalue weighted by molar-refractivity contribution is 5.88. The second-order valence-corrected chi connectivity index (χ2v) is 1.14. The van der Waals surface area contributed by atoms with Crippen LogP contribution in [-0.4, -0.2) is 10.9 Å². The molecule has 0 unspecified atom stereocenters. The molecule has 0 bridgehead atoms. The fourth-order valence-electron chi connectivity index (χ4n) is 0.201. The first-order valence-corrected chi connectivity index (χ1v) is 2.14. The molecule has 0 aromatic carbocycles. The van der Waals surface area contributed by atoms with E-state index in [0.29, 0.717) is 6.42 Å². The van der Waals surface area contributed by atoms with Crippen LogP contribution in [0.1, 0.15) is 13.3 Å². The number of hydrogen-bond donors (Lipinski definition) is 1. The molecule has 0 aliphatic heterocycles. The van der Waals surface area contributed by atoms with E-state index in [-0.39, 0.29) is 5.78 Å². The van der Waals surface area contributed by atoms with Gasteiger partial charge in [-0.25, -0.2) is 0 Å². The zero-order chi connectivity index (χ0) is 5.70. The first-order chi connectivity index (χ1) is 3.31. The SMILES string of the molecule is CCC(=O)C=CO. The molecule has 0 saturated heterocycles. The Morgan fingerprint density at radius 2 is 2.43 bits per heavy atom. The van der Waals surface area contributed by atoms with Crippen molar-refractivity contribution in [3.63, 3.8) is 0 Å². The quantitative estimate of drug-likeness (QED) is 0.415. The number of carbonyl (C=O) groups excluding carboxylic acids is 1. The Morgan fingerprint density at radius 1 is 1.86 bits per heavy atom. The van der Waals surface area contributed by atoms with Gasteiger partial charge in [-0.1, -0.05) is 6.92 Å². The van der Waals surface area contributed by atoms with Gasteiger partial charge in [-0.05, 0) is 0 Å². The first kappa shape index (κ1) is 6.21. The molecule has 0 radical (unpaired) electrons. The van der Waals surface area contributed by atoms with Gasteiger partial charge in [0.1, 0.15) is 0 Å². The second-order valence-electron chi connectivity index (χ2n) is 1.14. The smallest absolute Gasteiger partial charge is 0.158 e. The van der Waals surface area contributed by atoms with E-state index < -0.39 is 0 Å². The molecular weight excluding hydrogens is 92.1 g/mol. The van der Waals surface area contributed by atoms with E-state index in [0.717, 1.165) is 12.3 Å². The summed E-state index contributed by atoms with van der Waals surface area (Å²) in [5.41, 5.74) is 0. The third-order valence-electron chi connectivity index (χ3n) is 0.609. The van der Waals surface area contributed by atoms with E-state index in [9.17, 15) is 4.79 Å². The molecule has 7 heavy (non-hydrogen) atoms. The van der Waals surface area contributed by atoms with Crippen LogP contribution in [0.25, 0.3) is 0 Å². The average Bonchev–Trinajstić information content (AvgIpc) is 1.68. The van der Waals surface area contributed by atoms with E-state index in [2.05, 4.69) is 0 Å². The maximum atomic E-state index is 10.2. The summed E-state index contributed by atoms with van der Waals surface area (Å²) in [6.45, 7) is 1.74. The number of hydrogen-bond acceptors (Lipinski definition) is 2. The Balaban J connectivity index is 3.37. The summed E-state index contributed by atoms with van der Waals surface area (Å²) in [5, 5.41) is 7.97. The van der Waals surface area contributed by atoms with Crippen molar-refractivity contribution in [3.8, 4) is 0 Å². The maximum Gasteiger partial charge on any atom is 0.158 e. The average molecular weight is 100 g/mol. The standard InChI is InChI=1S/C5H8O2/c1-2-5(7)3-4-6/h3-4,6H,2H2,1H3. The molecule has 0 heterocycles. The van der Waals surface area contributed by atoms with Crippen molar-refractivity contribution in [1.82, 2.24) is 0 Å². The Kier molecular flexibility index (Phi) is 3.02. The molecule has 2 nitrogen and oxygen atoms in total. The Morgan fingerprint density at radius 3 is 2.57 bits per heavy atom. The minimum absolute atomic E-state index is 0.0532. The molecule has 2 heteroatoms. The van der Waals surface area contributed by atoms with Gasteiger partial charge in [0.25, 0.3) is 0 Å². The van der Waals surface area contributed by atoms with Crippen molar-refractivity contribution in [1.29, 1.82) is 0 Å². The first-order valence-electron chi connectivity index (χ1n) is 2.14. The number of aliphatic hydroxyl groups excluding tert-OH is 1. The molecule has 0 spiro atoms. The van der Waals surface area contributed by atoms with Gasteiger partial charge in [0.2, 0.25) is 0 Å². The van der Waals surface area contributed by atoms with Gasteiger partial charge >= 0.3 is 0 Å². The number of carbonyl (C=O) groups is 1. The second kappa shape index (κ2) is 3.40. The van der Waals surface area contributed by atoms with Crippen LogP contribution < -0.4 is 0 Å². The Labute approximate surface area is 42.5 Å². The number of allylic oxidation sites excluding steroid dienone is 1. The van der Waals surface area contributed by atoms with Gasteiger partial charge in [0, 0.05) is 12.5 Å². The predicted molar refractivity (Wildman–Crippen MR) is 27.1 cm³/mol. The molecule has 1 N–H and O–H groups in total. The topological polar surface area (TPSA) is 37.3 Å². The van der Waals surface area contributed by atoms with Crippen LogP contribution in [0.3, 0.4) is 0 Å². The van der Waals surface area contributed by atoms with Crippen molar-refractivity contribution >= 4 is 5.78 Å². The molecule has 0 fully saturated rings. The Hall–Kier alpha value is -0.790. The summed E-state index contributed by atoms with van der Waals surface area (Å²) in [6, 6.07) is 0. The molecule has 40 valence electrons. The fraction of sp³-hybridized carbons (Fsp3) is 0.400. The zero-order valence-electron chi connectivity index (χ0n) is 4.22. The summed E-state index contributed by atoms with van der Waals surface area (Å²) < 4.78 is 0. The van der Waals surface area contributed by atoms with Crippen LogP contribution in [0, 0.1) is 0 Å². The summed E-state index contributed by atoms with van der Waals surface area (Å²) in [4.78, 5) is 10.2. The van der Waals surface area contributed by atoms with Crippen LogP contribution in [0.4, 0.5) is 0 Å². The van der Waals surface area contributed by atoms with E-state index >= 15 is 0 Å². The summed E-state index contributed by atoms with van der Waals surface area (Å²) in [7, 11) is 0. The minimum atomic E-state index is -0.0532. The van der Waals surface area contributed by atoms with Gasteiger partial charge in [-0.3, -0.25) is 4.79 Å². The van der Waals surface area contributed by atoms with Gasteiger partial charge in [0.15, 0.2) is 5.78 Å². The lowest BCUT2D eigenvalue weighted by atomic mass is 10.3. The maximum absolute atomic E-state index is 10.2. The van der Waals surface area contributed by atoms with Crippen LogP contribution in [0.5, 0.6) is 0 Å². The molecule has 0 amide bonds. The van der Waals surface area contributed by atoms with Crippen molar-refractivity contribution in [2.24, 2.45) is 0 Å². The fourth-order valence-corrected chi connectivity index (χ4v) is 0.201. The summed E-state index contributed by atoms with van der Waals surface area (Å²) in [6.07, 6.45) is 2.35. The van der Waals surface area contributed by atoms with Crippen LogP contribution in [-0.2, 0) is 4.79 Å². The zero-order valence-corrected chi connectivity index (χ0v) is 4.22. The van der Waals surface area contributed by atoms with Gasteiger partial charge < -0.3 is 5.11 Å². The number of aliphatic hydroxyl groups is 1. The third kappa shape index (κ3) is 3.03. The lowest BCUT2D eigenvalue weighted by Gasteiger charge is -1.77. The highest BCUT2D eigenvalue weighted by atomic mass is 16.2. The van der Waals surface area contributed by atoms with Crippen molar-refractivity contribution in [2.45, 2.75) is 13.3 Å². The van der Waals surface area contributed by atoms with Crippen LogP contribution >= 0.6 is 0 Å². The van der Waals surface area contributed by atoms with E-state index in [4.69, 9.17) is 5.11 Å². The lowest BCUT2D eigenvalue weighted by Crippen LogP contribution is -1.85. The predicted octanol–water partition coefficient (Wildman–Crippen LogP) is 1.04. The van der Waals surface area contributed by atoms with Crippen molar-refractivity contribution < 1.29 is 9.90 Å². The van der Waals surface area contributed by atoms with Crippen molar-refractivity contribution in [3.05, 3.63) is 12.3 Å². The van der Waals surface area contributed by atoms with E-state index in [1.165, 1.54) is 0 Å². The van der Waals surface area contributed by atoms with E-state index in [1.54, 1.807) is 6.92 Å². The van der Waals surface area contributed by atoms with E-state index in [1.807, 2.05) is 0 Å². The third-order valence-corrected chi connectivity index (χ3v) is 0.609. The van der Waals surface area contributed by atoms with Gasteiger partial charge in [-0.15, -0.1) is 0 Å². The number of ketones is 1. The summed E-state index contributed by atoms with van der Waals surface area (Å²) in [5.74, 6) is -0.0532.